The molecule has 6 nitrogen and oxygen atoms in total. The fraction of sp³-hybridized carbons (Fsp3) is 0.389. The number of aromatic nitrogens is 1. The number of nitrogens with one attached hydrogen (secondary N) is 3. The largest absolute Gasteiger partial charge is 0.471 e. The smallest absolute Gasteiger partial charge is 0.347 e. The van der Waals surface area contributed by atoms with Crippen molar-refractivity contribution in [2.75, 3.05) is 5.32 Å². The van der Waals surface area contributed by atoms with E-state index in [0.29, 0.717) is 27.5 Å². The molecule has 3 N–H and O–H groups in total. The monoisotopic (exact) mass is 410 g/mol. The number of nitrogens with zero attached hydrogens (tertiary/aromatic N) is 1. The van der Waals surface area contributed by atoms with Crippen molar-refractivity contribution in [3.05, 3.63) is 35.3 Å². The first-order chi connectivity index (χ1) is 13.3. The molecule has 2 fully saturated rings. The molecule has 2 amide bonds. The van der Waals surface area contributed by atoms with Gasteiger partial charge in [-0.15, -0.1) is 11.3 Å². The fourth-order valence-corrected chi connectivity index (χ4v) is 4.48. The molecule has 3 atom stereocenters. The van der Waals surface area contributed by atoms with Gasteiger partial charge in [-0.05, 0) is 31.4 Å². The van der Waals surface area contributed by atoms with Crippen molar-refractivity contribution < 1.29 is 22.8 Å². The summed E-state index contributed by atoms with van der Waals surface area (Å²) in [5.74, 6) is -2.24. The van der Waals surface area contributed by atoms with Crippen LogP contribution in [0.5, 0.6) is 0 Å². The van der Waals surface area contributed by atoms with Crippen LogP contribution in [0.1, 0.15) is 28.9 Å². The minimum Gasteiger partial charge on any atom is -0.347 e. The topological polar surface area (TPSA) is 83.1 Å². The van der Waals surface area contributed by atoms with E-state index >= 15 is 0 Å². The van der Waals surface area contributed by atoms with Crippen LogP contribution in [-0.2, 0) is 4.79 Å². The third-order valence-electron chi connectivity index (χ3n) is 4.97. The standard InChI is InChI=1S/C18H17F3N4O2S/c19-18(20,21)17(27)24-10-3-1-2-9(6-10)16-22-8-14(28-16)15(26)25-13-7-11-4-5-12(13)23-11/h1-3,6,8,11-13,23H,4-5,7H2,(H,24,27)(H,25,26)/t11-,12+,13-/m1/s1. The lowest BCUT2D eigenvalue weighted by Gasteiger charge is -2.20. The van der Waals surface area contributed by atoms with E-state index in [-0.39, 0.29) is 17.6 Å². The highest BCUT2D eigenvalue weighted by molar-refractivity contribution is 7.16. The van der Waals surface area contributed by atoms with Crippen LogP contribution in [-0.4, -0.2) is 41.1 Å². The Labute approximate surface area is 162 Å². The zero-order valence-corrected chi connectivity index (χ0v) is 15.4. The Bertz CT molecular complexity index is 914. The van der Waals surface area contributed by atoms with Crippen LogP contribution in [0.4, 0.5) is 18.9 Å². The van der Waals surface area contributed by atoms with Gasteiger partial charge in [0.15, 0.2) is 0 Å². The molecule has 3 heterocycles. The number of benzene rings is 1. The molecule has 10 heteroatoms. The van der Waals surface area contributed by atoms with Gasteiger partial charge in [0.2, 0.25) is 0 Å². The van der Waals surface area contributed by atoms with E-state index in [1.54, 1.807) is 6.07 Å². The molecule has 148 valence electrons. The average molecular weight is 410 g/mol. The first-order valence-electron chi connectivity index (χ1n) is 8.81. The molecule has 0 spiro atoms. The molecule has 2 saturated heterocycles. The van der Waals surface area contributed by atoms with Gasteiger partial charge in [-0.1, -0.05) is 12.1 Å². The van der Waals surface area contributed by atoms with Crippen LogP contribution in [0.3, 0.4) is 0 Å². The molecular formula is C18H17F3N4O2S. The molecule has 0 aliphatic carbocycles. The van der Waals surface area contributed by atoms with Crippen molar-refractivity contribution in [2.24, 2.45) is 0 Å². The maximum atomic E-state index is 12.5. The molecule has 2 bridgehead atoms. The summed E-state index contributed by atoms with van der Waals surface area (Å²) in [5.41, 5.74) is 0.527. The molecule has 28 heavy (non-hydrogen) atoms. The zero-order valence-electron chi connectivity index (χ0n) is 14.5. The summed E-state index contributed by atoms with van der Waals surface area (Å²) >= 11 is 1.15. The number of carbonyl (C=O) groups excluding carboxylic acids is 2. The van der Waals surface area contributed by atoms with Crippen LogP contribution in [0.15, 0.2) is 30.5 Å². The highest BCUT2D eigenvalue weighted by Gasteiger charge is 2.40. The van der Waals surface area contributed by atoms with Gasteiger partial charge in [0, 0.05) is 29.4 Å². The number of carbonyl (C=O) groups is 2. The van der Waals surface area contributed by atoms with Crippen molar-refractivity contribution >= 4 is 28.8 Å². The van der Waals surface area contributed by atoms with Crippen LogP contribution in [0, 0.1) is 0 Å². The number of fused-ring (bicyclic) bond motifs is 2. The number of halogens is 3. The van der Waals surface area contributed by atoms with Crippen LogP contribution >= 0.6 is 11.3 Å². The summed E-state index contributed by atoms with van der Waals surface area (Å²) < 4.78 is 37.2. The van der Waals surface area contributed by atoms with Gasteiger partial charge in [-0.25, -0.2) is 4.98 Å². The van der Waals surface area contributed by atoms with Crippen molar-refractivity contribution in [1.82, 2.24) is 15.6 Å². The van der Waals surface area contributed by atoms with E-state index in [4.69, 9.17) is 0 Å². The van der Waals surface area contributed by atoms with Crippen LogP contribution in [0.25, 0.3) is 10.6 Å². The number of anilines is 1. The van der Waals surface area contributed by atoms with E-state index in [1.165, 1.54) is 24.4 Å². The maximum Gasteiger partial charge on any atom is 0.471 e. The van der Waals surface area contributed by atoms with Crippen molar-refractivity contribution in [2.45, 2.75) is 43.6 Å². The van der Waals surface area contributed by atoms with Gasteiger partial charge in [-0.2, -0.15) is 13.2 Å². The second-order valence-corrected chi connectivity index (χ2v) is 7.96. The molecule has 1 aromatic heterocycles. The predicted molar refractivity (Wildman–Crippen MR) is 98.1 cm³/mol. The number of alkyl halides is 3. The van der Waals surface area contributed by atoms with Gasteiger partial charge in [0.25, 0.3) is 5.91 Å². The number of rotatable bonds is 4. The Kier molecular flexibility index (Phi) is 4.84. The van der Waals surface area contributed by atoms with E-state index in [2.05, 4.69) is 15.6 Å². The Morgan fingerprint density at radius 2 is 2.07 bits per heavy atom. The second kappa shape index (κ2) is 7.17. The van der Waals surface area contributed by atoms with Crippen LogP contribution in [0.2, 0.25) is 0 Å². The summed E-state index contributed by atoms with van der Waals surface area (Å²) in [6.45, 7) is 0. The fourth-order valence-electron chi connectivity index (χ4n) is 3.67. The Morgan fingerprint density at radius 3 is 2.75 bits per heavy atom. The van der Waals surface area contributed by atoms with Gasteiger partial charge in [0.1, 0.15) is 9.88 Å². The average Bonchev–Trinajstić information content (AvgIpc) is 3.38. The molecule has 2 aliphatic heterocycles. The summed E-state index contributed by atoms with van der Waals surface area (Å²) in [6, 6.07) is 6.82. The highest BCUT2D eigenvalue weighted by Crippen LogP contribution is 2.30. The zero-order chi connectivity index (χ0) is 19.9. The first-order valence-corrected chi connectivity index (χ1v) is 9.62. The van der Waals surface area contributed by atoms with Gasteiger partial charge >= 0.3 is 12.1 Å². The highest BCUT2D eigenvalue weighted by atomic mass is 32.1. The lowest BCUT2D eigenvalue weighted by atomic mass is 9.95. The normalized spacial score (nSPS) is 23.6. The third kappa shape index (κ3) is 3.88. The van der Waals surface area contributed by atoms with Crippen molar-refractivity contribution in [3.8, 4) is 10.6 Å². The third-order valence-corrected chi connectivity index (χ3v) is 6.02. The van der Waals surface area contributed by atoms with E-state index in [0.717, 1.165) is 30.6 Å². The molecule has 4 rings (SSSR count). The minimum atomic E-state index is -4.96. The van der Waals surface area contributed by atoms with Gasteiger partial charge < -0.3 is 16.0 Å². The molecule has 1 aromatic carbocycles. The van der Waals surface area contributed by atoms with Crippen molar-refractivity contribution in [3.63, 3.8) is 0 Å². The summed E-state index contributed by atoms with van der Waals surface area (Å²) in [5, 5.41) is 8.79. The van der Waals surface area contributed by atoms with E-state index in [9.17, 15) is 22.8 Å². The number of hydrogen-bond acceptors (Lipinski definition) is 5. The second-order valence-electron chi connectivity index (χ2n) is 6.93. The van der Waals surface area contributed by atoms with E-state index in [1.807, 2.05) is 5.32 Å². The SMILES string of the molecule is O=C(N[C@@H]1C[C@H]2CC[C@@H]1N2)c1cnc(-c2cccc(NC(=O)C(F)(F)F)c2)s1. The lowest BCUT2D eigenvalue weighted by Crippen LogP contribution is -2.42. The first kappa shape index (κ1) is 18.9. The van der Waals surface area contributed by atoms with Crippen molar-refractivity contribution in [1.29, 1.82) is 0 Å². The quantitative estimate of drug-likeness (QED) is 0.724. The lowest BCUT2D eigenvalue weighted by molar-refractivity contribution is -0.167. The van der Waals surface area contributed by atoms with Gasteiger partial charge in [-0.3, -0.25) is 9.59 Å². The summed E-state index contributed by atoms with van der Waals surface area (Å²) in [7, 11) is 0. The van der Waals surface area contributed by atoms with Gasteiger partial charge in [0.05, 0.1) is 6.20 Å². The molecule has 0 radical (unpaired) electrons. The number of amides is 2. The molecule has 0 saturated carbocycles. The Balaban J connectivity index is 1.44. The Hall–Kier alpha value is -2.46. The molecular weight excluding hydrogens is 393 g/mol. The summed E-state index contributed by atoms with van der Waals surface area (Å²) in [6.07, 6.45) is -0.389. The number of thiazole rings is 1. The summed E-state index contributed by atoms with van der Waals surface area (Å²) in [4.78, 5) is 28.2. The predicted octanol–water partition coefficient (Wildman–Crippen LogP) is 2.93. The minimum absolute atomic E-state index is 0.00841. The molecule has 2 aromatic rings. The maximum absolute atomic E-state index is 12.5. The molecule has 0 unspecified atom stereocenters. The van der Waals surface area contributed by atoms with E-state index < -0.39 is 12.1 Å². The number of hydrogen-bond donors (Lipinski definition) is 3. The van der Waals surface area contributed by atoms with Crippen LogP contribution < -0.4 is 16.0 Å². The molecule has 2 aliphatic rings. The Morgan fingerprint density at radius 1 is 1.25 bits per heavy atom.